The lowest BCUT2D eigenvalue weighted by atomic mass is 10.1. The van der Waals surface area contributed by atoms with E-state index < -0.39 is 28.9 Å². The van der Waals surface area contributed by atoms with Crippen LogP contribution in [0.4, 0.5) is 5.69 Å². The summed E-state index contributed by atoms with van der Waals surface area (Å²) in [5.41, 5.74) is 3.75. The van der Waals surface area contributed by atoms with Gasteiger partial charge in [0.2, 0.25) is 0 Å². The first kappa shape index (κ1) is 33.8. The van der Waals surface area contributed by atoms with Crippen LogP contribution >= 0.6 is 23.2 Å². The molecular formula is C33H30Cl2N4O7. The van der Waals surface area contributed by atoms with Crippen LogP contribution < -0.4 is 25.0 Å². The van der Waals surface area contributed by atoms with Crippen LogP contribution in [0.25, 0.3) is 0 Å². The highest BCUT2D eigenvalue weighted by molar-refractivity contribution is 6.35. The summed E-state index contributed by atoms with van der Waals surface area (Å²) in [6, 6.07) is 24.5. The molecule has 2 N–H and O–H groups in total. The topological polar surface area (TPSA) is 141 Å². The zero-order valence-corrected chi connectivity index (χ0v) is 26.3. The van der Waals surface area contributed by atoms with Crippen LogP contribution in [-0.2, 0) is 22.6 Å². The summed E-state index contributed by atoms with van der Waals surface area (Å²) in [4.78, 5) is 37.6. The summed E-state index contributed by atoms with van der Waals surface area (Å²) in [6.45, 7) is 1.68. The summed E-state index contributed by atoms with van der Waals surface area (Å²) in [6.07, 6.45) is 0.227. The number of nitro groups is 1. The summed E-state index contributed by atoms with van der Waals surface area (Å²) in [7, 11) is 1.40. The Kier molecular flexibility index (Phi) is 11.9. The predicted octanol–water partition coefficient (Wildman–Crippen LogP) is 6.13. The molecule has 238 valence electrons. The number of amides is 2. The zero-order chi connectivity index (χ0) is 33.1. The van der Waals surface area contributed by atoms with Crippen molar-refractivity contribution in [2.75, 3.05) is 7.11 Å². The predicted molar refractivity (Wildman–Crippen MR) is 175 cm³/mol. The summed E-state index contributed by atoms with van der Waals surface area (Å²) in [5.74, 6) is -0.601. The van der Waals surface area contributed by atoms with Crippen LogP contribution in [0.1, 0.15) is 23.6 Å². The van der Waals surface area contributed by atoms with E-state index in [0.717, 1.165) is 17.3 Å². The number of ether oxygens (including phenoxy) is 3. The molecule has 4 aromatic rings. The molecule has 0 fully saturated rings. The number of rotatable bonds is 14. The molecule has 0 radical (unpaired) electrons. The van der Waals surface area contributed by atoms with Gasteiger partial charge < -0.3 is 19.5 Å². The number of nitro benzene ring substituents is 1. The third kappa shape index (κ3) is 9.43. The molecular weight excluding hydrogens is 635 g/mol. The lowest BCUT2D eigenvalue weighted by Gasteiger charge is -2.21. The lowest BCUT2D eigenvalue weighted by molar-refractivity contribution is -0.385. The zero-order valence-electron chi connectivity index (χ0n) is 24.8. The molecule has 0 unspecified atom stereocenters. The monoisotopic (exact) mass is 664 g/mol. The van der Waals surface area contributed by atoms with Crippen molar-refractivity contribution in [2.45, 2.75) is 32.1 Å². The van der Waals surface area contributed by atoms with Gasteiger partial charge in [-0.3, -0.25) is 19.7 Å². The van der Waals surface area contributed by atoms with Crippen molar-refractivity contribution in [1.82, 2.24) is 10.7 Å². The molecule has 13 heteroatoms. The van der Waals surface area contributed by atoms with E-state index in [-0.39, 0.29) is 46.5 Å². The fourth-order valence-electron chi connectivity index (χ4n) is 4.24. The van der Waals surface area contributed by atoms with Gasteiger partial charge in [-0.25, -0.2) is 5.43 Å². The molecule has 0 bridgehead atoms. The summed E-state index contributed by atoms with van der Waals surface area (Å²) in [5, 5.41) is 19.2. The van der Waals surface area contributed by atoms with Crippen molar-refractivity contribution in [3.63, 3.8) is 0 Å². The first-order valence-electron chi connectivity index (χ1n) is 14.0. The van der Waals surface area contributed by atoms with E-state index in [0.29, 0.717) is 5.02 Å². The van der Waals surface area contributed by atoms with Gasteiger partial charge in [0.25, 0.3) is 17.5 Å². The van der Waals surface area contributed by atoms with E-state index in [9.17, 15) is 19.7 Å². The number of methoxy groups -OCH3 is 1. The Morgan fingerprint density at radius 2 is 1.59 bits per heavy atom. The maximum absolute atomic E-state index is 13.3. The third-order valence-corrected chi connectivity index (χ3v) is 7.14. The van der Waals surface area contributed by atoms with Crippen LogP contribution in [0.2, 0.25) is 10.0 Å². The number of hydrogen-bond donors (Lipinski definition) is 2. The highest BCUT2D eigenvalue weighted by Gasteiger charge is 2.26. The summed E-state index contributed by atoms with van der Waals surface area (Å²) >= 11 is 12.1. The number of nitrogens with zero attached hydrogens (tertiary/aromatic N) is 2. The van der Waals surface area contributed by atoms with Crippen molar-refractivity contribution in [3.05, 3.63) is 128 Å². The molecule has 2 atom stereocenters. The Labute approximate surface area is 275 Å². The lowest BCUT2D eigenvalue weighted by Crippen LogP contribution is -2.50. The second kappa shape index (κ2) is 16.3. The van der Waals surface area contributed by atoms with Gasteiger partial charge in [-0.05, 0) is 42.3 Å². The van der Waals surface area contributed by atoms with Crippen molar-refractivity contribution in [1.29, 1.82) is 0 Å². The Bertz CT molecular complexity index is 1710. The number of carbonyl (C=O) groups is 2. The molecule has 2 amide bonds. The normalized spacial score (nSPS) is 12.2. The molecule has 0 saturated heterocycles. The molecule has 0 aliphatic rings. The first-order valence-corrected chi connectivity index (χ1v) is 14.7. The van der Waals surface area contributed by atoms with Crippen molar-refractivity contribution >= 4 is 46.9 Å². The van der Waals surface area contributed by atoms with Gasteiger partial charge in [0.05, 0.1) is 34.9 Å². The Balaban J connectivity index is 1.49. The van der Waals surface area contributed by atoms with E-state index in [1.807, 2.05) is 36.4 Å². The number of nitrogens with one attached hydrogen (secondary N) is 2. The summed E-state index contributed by atoms with van der Waals surface area (Å²) < 4.78 is 16.9. The van der Waals surface area contributed by atoms with Crippen LogP contribution in [0.15, 0.2) is 96.1 Å². The molecule has 0 aliphatic heterocycles. The van der Waals surface area contributed by atoms with Gasteiger partial charge in [-0.2, -0.15) is 5.10 Å². The fraction of sp³-hybridized carbons (Fsp3) is 0.182. The number of hydrazone groups is 1. The van der Waals surface area contributed by atoms with Gasteiger partial charge in [-0.1, -0.05) is 83.9 Å². The Morgan fingerprint density at radius 1 is 0.913 bits per heavy atom. The minimum Gasteiger partial charge on any atom is -0.493 e. The maximum atomic E-state index is 13.3. The number of carbonyl (C=O) groups excluding carboxylic acids is 2. The quantitative estimate of drug-likeness (QED) is 0.0937. The molecule has 11 nitrogen and oxygen atoms in total. The van der Waals surface area contributed by atoms with Crippen molar-refractivity contribution in [3.8, 4) is 17.2 Å². The molecule has 46 heavy (non-hydrogen) atoms. The van der Waals surface area contributed by atoms with E-state index in [4.69, 9.17) is 37.4 Å². The largest absolute Gasteiger partial charge is 0.493 e. The molecule has 0 aromatic heterocycles. The third-order valence-electron chi connectivity index (χ3n) is 6.61. The number of hydrogen-bond acceptors (Lipinski definition) is 8. The highest BCUT2D eigenvalue weighted by Crippen LogP contribution is 2.34. The van der Waals surface area contributed by atoms with Crippen LogP contribution in [0.3, 0.4) is 0 Å². The molecule has 0 heterocycles. The fourth-order valence-corrected chi connectivity index (χ4v) is 4.69. The second-order valence-corrected chi connectivity index (χ2v) is 10.8. The Hall–Kier alpha value is -5.13. The first-order chi connectivity index (χ1) is 22.1. The van der Waals surface area contributed by atoms with E-state index >= 15 is 0 Å². The van der Waals surface area contributed by atoms with Gasteiger partial charge in [-0.15, -0.1) is 0 Å². The molecule has 4 aromatic carbocycles. The Morgan fingerprint density at radius 3 is 2.22 bits per heavy atom. The molecule has 4 rings (SSSR count). The highest BCUT2D eigenvalue weighted by atomic mass is 35.5. The smallest absolute Gasteiger partial charge is 0.282 e. The van der Waals surface area contributed by atoms with Gasteiger partial charge in [0.15, 0.2) is 17.6 Å². The maximum Gasteiger partial charge on any atom is 0.282 e. The minimum atomic E-state index is -1.07. The van der Waals surface area contributed by atoms with Crippen LogP contribution in [0.5, 0.6) is 17.2 Å². The minimum absolute atomic E-state index is 0.0553. The standard InChI is InChI=1S/C33H30Cl2N4O7/c1-21(46-29-14-13-25(34)17-26(29)35)32(40)37-27(15-22-9-5-3-6-10-22)33(41)38-36-19-24-16-30(44-2)31(18-28(24)39(42)43)45-20-23-11-7-4-8-12-23/h3-14,16-19,21,27H,15,20H2,1-2H3,(H,37,40)(H,38,41)/b36-19-/t21-,27-/m0/s1. The SMILES string of the molecule is COc1cc(/C=N\NC(=O)[C@H](Cc2ccccc2)NC(=O)[C@H](C)Oc2ccc(Cl)cc2Cl)c([N+](=O)[O-])cc1OCc1ccccc1. The van der Waals surface area contributed by atoms with E-state index in [2.05, 4.69) is 15.8 Å². The van der Waals surface area contributed by atoms with Crippen LogP contribution in [-0.4, -0.2) is 42.2 Å². The van der Waals surface area contributed by atoms with E-state index in [1.165, 1.54) is 38.3 Å². The van der Waals surface area contributed by atoms with Crippen LogP contribution in [0, 0.1) is 10.1 Å². The van der Waals surface area contributed by atoms with Crippen molar-refractivity contribution in [2.24, 2.45) is 5.10 Å². The average molecular weight is 666 g/mol. The molecule has 0 aliphatic carbocycles. The average Bonchev–Trinajstić information content (AvgIpc) is 3.05. The molecule has 0 saturated carbocycles. The number of benzene rings is 4. The van der Waals surface area contributed by atoms with Gasteiger partial charge >= 0.3 is 0 Å². The van der Waals surface area contributed by atoms with Crippen molar-refractivity contribution < 1.29 is 28.7 Å². The van der Waals surface area contributed by atoms with Gasteiger partial charge in [0.1, 0.15) is 18.4 Å². The van der Waals surface area contributed by atoms with Gasteiger partial charge in [0, 0.05) is 11.4 Å². The second-order valence-electron chi connectivity index (χ2n) is 9.91. The number of halogens is 2. The van der Waals surface area contributed by atoms with E-state index in [1.54, 1.807) is 30.3 Å². The molecule has 0 spiro atoms.